The van der Waals surface area contributed by atoms with Crippen molar-refractivity contribution in [1.82, 2.24) is 10.2 Å². The molecular formula is C26H19ClN6O2S2. The molecule has 3 N–H and O–H groups in total. The summed E-state index contributed by atoms with van der Waals surface area (Å²) in [6.07, 6.45) is 1.41. The number of benzene rings is 2. The van der Waals surface area contributed by atoms with Gasteiger partial charge in [-0.05, 0) is 30.5 Å². The molecule has 0 fully saturated rings. The van der Waals surface area contributed by atoms with Crippen LogP contribution in [0.25, 0.3) is 0 Å². The van der Waals surface area contributed by atoms with Crippen molar-refractivity contribution < 1.29 is 9.59 Å². The van der Waals surface area contributed by atoms with Gasteiger partial charge in [-0.2, -0.15) is 5.26 Å². The number of hydrogen-bond acceptors (Lipinski definition) is 9. The van der Waals surface area contributed by atoms with Gasteiger partial charge in [-0.3, -0.25) is 14.5 Å². The molecule has 3 heterocycles. The lowest BCUT2D eigenvalue weighted by Crippen LogP contribution is -2.50. The maximum atomic E-state index is 13.6. The van der Waals surface area contributed by atoms with Gasteiger partial charge >= 0.3 is 0 Å². The van der Waals surface area contributed by atoms with Crippen molar-refractivity contribution in [2.75, 3.05) is 10.2 Å². The number of para-hydroxylation sites is 1. The van der Waals surface area contributed by atoms with Crippen LogP contribution in [0.3, 0.4) is 0 Å². The number of Topliss-reactive ketones (excluding diaryl/α,β-unsaturated/α-hetero) is 1. The Morgan fingerprint density at radius 1 is 1.16 bits per heavy atom. The summed E-state index contributed by atoms with van der Waals surface area (Å²) in [6, 6.07) is 16.9. The van der Waals surface area contributed by atoms with E-state index in [-0.39, 0.29) is 23.6 Å². The molecule has 3 aliphatic rings. The number of nitrogens with one attached hydrogen (secondary N) is 1. The number of aromatic nitrogens is 2. The van der Waals surface area contributed by atoms with E-state index in [0.717, 1.165) is 5.56 Å². The lowest BCUT2D eigenvalue weighted by molar-refractivity contribution is -0.122. The standard InChI is InChI=1S/C26H19ClN6O2S2/c27-17-8-3-1-6-14(17)13-36-25-32-31-24(37-25)33-19-10-5-11-20(34)21(19)26(16(12-28)22(33)29)15-7-2-4-9-18(15)30-23(26)35/h1-4,6-9H,5,10-11,13,29H2,(H,30,35)/t26-/m0/s1. The molecular weight excluding hydrogens is 528 g/mol. The minimum absolute atomic E-state index is 0.0180. The minimum Gasteiger partial charge on any atom is -0.384 e. The van der Waals surface area contributed by atoms with Crippen molar-refractivity contribution in [2.45, 2.75) is 34.8 Å². The van der Waals surface area contributed by atoms with Gasteiger partial charge in [-0.25, -0.2) is 0 Å². The summed E-state index contributed by atoms with van der Waals surface area (Å²) in [6.45, 7) is 0. The molecule has 1 amide bonds. The number of carbonyl (C=O) groups excluding carboxylic acids is 2. The number of thioether (sulfide) groups is 1. The maximum Gasteiger partial charge on any atom is 0.245 e. The number of hydrogen-bond donors (Lipinski definition) is 2. The summed E-state index contributed by atoms with van der Waals surface area (Å²) in [5.74, 6) is 0.0805. The van der Waals surface area contributed by atoms with Crippen molar-refractivity contribution in [3.05, 3.63) is 87.3 Å². The molecule has 0 saturated carbocycles. The zero-order chi connectivity index (χ0) is 25.7. The van der Waals surface area contributed by atoms with E-state index in [1.165, 1.54) is 23.1 Å². The number of ketones is 1. The highest BCUT2D eigenvalue weighted by atomic mass is 35.5. The molecule has 0 bridgehead atoms. The van der Waals surface area contributed by atoms with Crippen LogP contribution in [0.2, 0.25) is 5.02 Å². The first kappa shape index (κ1) is 23.7. The van der Waals surface area contributed by atoms with Crippen molar-refractivity contribution in [1.29, 1.82) is 5.26 Å². The number of nitriles is 1. The molecule has 0 unspecified atom stereocenters. The van der Waals surface area contributed by atoms with Crippen LogP contribution in [0.15, 0.2) is 75.5 Å². The van der Waals surface area contributed by atoms with Crippen LogP contribution in [-0.2, 0) is 20.8 Å². The Kier molecular flexibility index (Phi) is 5.79. The molecule has 2 aliphatic heterocycles. The molecule has 0 saturated heterocycles. The molecule has 11 heteroatoms. The Labute approximate surface area is 225 Å². The summed E-state index contributed by atoms with van der Waals surface area (Å²) in [5.41, 5.74) is 8.11. The van der Waals surface area contributed by atoms with Gasteiger partial charge in [-0.1, -0.05) is 71.1 Å². The van der Waals surface area contributed by atoms with Crippen LogP contribution >= 0.6 is 34.7 Å². The largest absolute Gasteiger partial charge is 0.384 e. The number of halogens is 1. The normalized spacial score (nSPS) is 20.7. The van der Waals surface area contributed by atoms with Crippen LogP contribution in [0.1, 0.15) is 30.4 Å². The number of amides is 1. The molecule has 1 spiro atoms. The Morgan fingerprint density at radius 2 is 1.95 bits per heavy atom. The van der Waals surface area contributed by atoms with Gasteiger partial charge in [-0.15, -0.1) is 10.2 Å². The highest BCUT2D eigenvalue weighted by Crippen LogP contribution is 2.55. The molecule has 1 atom stereocenters. The number of carbonyl (C=O) groups is 2. The summed E-state index contributed by atoms with van der Waals surface area (Å²) < 4.78 is 0.690. The van der Waals surface area contributed by atoms with Crippen molar-refractivity contribution >= 4 is 57.2 Å². The zero-order valence-electron chi connectivity index (χ0n) is 19.3. The Balaban J connectivity index is 1.46. The highest BCUT2D eigenvalue weighted by Gasteiger charge is 2.60. The minimum atomic E-state index is -1.58. The third-order valence-corrected chi connectivity index (χ3v) is 9.29. The second-order valence-electron chi connectivity index (χ2n) is 8.79. The van der Waals surface area contributed by atoms with Crippen LogP contribution in [0, 0.1) is 11.3 Å². The second kappa shape index (κ2) is 9.03. The fraction of sp³-hybridized carbons (Fsp3) is 0.192. The SMILES string of the molecule is N#CC1=C(N)N(c2nnc(SCc3ccccc3Cl)s2)C2=C(C(=O)CCC2)[C@@]12C(=O)Nc1ccccc12. The monoisotopic (exact) mass is 546 g/mol. The lowest BCUT2D eigenvalue weighted by atomic mass is 9.64. The predicted molar refractivity (Wildman–Crippen MR) is 143 cm³/mol. The average Bonchev–Trinajstić information content (AvgIpc) is 3.47. The number of nitrogens with two attached hydrogens (primary N) is 1. The Morgan fingerprint density at radius 3 is 2.76 bits per heavy atom. The summed E-state index contributed by atoms with van der Waals surface area (Å²) in [4.78, 5) is 28.8. The van der Waals surface area contributed by atoms with Crippen LogP contribution in [0.4, 0.5) is 10.8 Å². The molecule has 37 heavy (non-hydrogen) atoms. The molecule has 2 aromatic carbocycles. The van der Waals surface area contributed by atoms with Crippen LogP contribution in [-0.4, -0.2) is 21.9 Å². The summed E-state index contributed by atoms with van der Waals surface area (Å²) >= 11 is 9.08. The van der Waals surface area contributed by atoms with E-state index in [1.54, 1.807) is 29.2 Å². The van der Waals surface area contributed by atoms with Gasteiger partial charge in [0.15, 0.2) is 10.1 Å². The topological polar surface area (TPSA) is 125 Å². The second-order valence-corrected chi connectivity index (χ2v) is 11.4. The van der Waals surface area contributed by atoms with E-state index in [9.17, 15) is 14.9 Å². The first-order valence-corrected chi connectivity index (χ1v) is 13.7. The van der Waals surface area contributed by atoms with Crippen molar-refractivity contribution in [2.24, 2.45) is 5.73 Å². The number of allylic oxidation sites excluding steroid dienone is 1. The third-order valence-electron chi connectivity index (χ3n) is 6.83. The molecule has 1 aromatic heterocycles. The van der Waals surface area contributed by atoms with Gasteiger partial charge < -0.3 is 11.1 Å². The van der Waals surface area contributed by atoms with E-state index >= 15 is 0 Å². The molecule has 1 aliphatic carbocycles. The van der Waals surface area contributed by atoms with Crippen LogP contribution in [0.5, 0.6) is 0 Å². The lowest BCUT2D eigenvalue weighted by Gasteiger charge is -2.42. The zero-order valence-corrected chi connectivity index (χ0v) is 21.7. The fourth-order valence-corrected chi connectivity index (χ4v) is 7.44. The molecule has 8 nitrogen and oxygen atoms in total. The molecule has 184 valence electrons. The van der Waals surface area contributed by atoms with Gasteiger partial charge in [0.1, 0.15) is 17.3 Å². The highest BCUT2D eigenvalue weighted by molar-refractivity contribution is 8.00. The average molecular weight is 547 g/mol. The van der Waals surface area contributed by atoms with Crippen molar-refractivity contribution in [3.8, 4) is 6.07 Å². The third kappa shape index (κ3) is 3.49. The fourth-order valence-electron chi connectivity index (χ4n) is 5.27. The van der Waals surface area contributed by atoms with Gasteiger partial charge in [0, 0.05) is 39.7 Å². The van der Waals surface area contributed by atoms with Gasteiger partial charge in [0.25, 0.3) is 0 Å². The van der Waals surface area contributed by atoms with Gasteiger partial charge in [0.2, 0.25) is 11.0 Å². The number of nitrogens with zero attached hydrogens (tertiary/aromatic N) is 4. The first-order chi connectivity index (χ1) is 18.0. The number of fused-ring (bicyclic) bond motifs is 3. The molecule has 0 radical (unpaired) electrons. The predicted octanol–water partition coefficient (Wildman–Crippen LogP) is 4.89. The summed E-state index contributed by atoms with van der Waals surface area (Å²) in [7, 11) is 0. The maximum absolute atomic E-state index is 13.6. The molecule has 6 rings (SSSR count). The smallest absolute Gasteiger partial charge is 0.245 e. The number of rotatable bonds is 4. The quantitative estimate of drug-likeness (QED) is 0.443. The molecule has 3 aromatic rings. The van der Waals surface area contributed by atoms with E-state index in [1.807, 2.05) is 24.3 Å². The van der Waals surface area contributed by atoms with Gasteiger partial charge in [0.05, 0.1) is 5.57 Å². The van der Waals surface area contributed by atoms with E-state index in [2.05, 4.69) is 21.6 Å². The Bertz CT molecular complexity index is 1590. The van der Waals surface area contributed by atoms with E-state index < -0.39 is 11.3 Å². The Hall–Kier alpha value is -3.65. The number of anilines is 2. The van der Waals surface area contributed by atoms with Crippen molar-refractivity contribution in [3.63, 3.8) is 0 Å². The van der Waals surface area contributed by atoms with E-state index in [4.69, 9.17) is 17.3 Å². The first-order valence-electron chi connectivity index (χ1n) is 11.5. The van der Waals surface area contributed by atoms with Crippen LogP contribution < -0.4 is 16.0 Å². The summed E-state index contributed by atoms with van der Waals surface area (Å²) in [5, 5.41) is 23.0. The van der Waals surface area contributed by atoms with E-state index in [0.29, 0.717) is 55.6 Å².